The summed E-state index contributed by atoms with van der Waals surface area (Å²) in [5, 5.41) is 19.9. The fourth-order valence-electron chi connectivity index (χ4n) is 3.97. The van der Waals surface area contributed by atoms with Crippen molar-refractivity contribution in [2.75, 3.05) is 7.11 Å². The van der Waals surface area contributed by atoms with E-state index >= 15 is 0 Å². The second kappa shape index (κ2) is 8.69. The first-order valence-electron chi connectivity index (χ1n) is 10.5. The van der Waals surface area contributed by atoms with E-state index in [-0.39, 0.29) is 0 Å². The summed E-state index contributed by atoms with van der Waals surface area (Å²) in [5.74, 6) is 0.492. The van der Waals surface area contributed by atoms with Gasteiger partial charge in [-0.2, -0.15) is 0 Å². The van der Waals surface area contributed by atoms with Gasteiger partial charge in [-0.3, -0.25) is 0 Å². The number of aliphatic hydroxyl groups excluding tert-OH is 1. The molecular weight excluding hydrogens is 438 g/mol. The second-order valence-electron chi connectivity index (χ2n) is 7.81. The standard InChI is InChI=1S/C25H22ClN5O2/c1-30-22(15-27-29-30)24(32)17-7-10-21-19(14-17)23(26)20(25(28-21)33-2)13-16-5-8-18(9-6-16)31-11-3-4-12-31/h3-12,14-15,24,32H,13H2,1-2H3. The van der Waals surface area contributed by atoms with Crippen LogP contribution in [0.25, 0.3) is 16.6 Å². The molecule has 1 N–H and O–H groups in total. The first-order chi connectivity index (χ1) is 16.0. The van der Waals surface area contributed by atoms with Gasteiger partial charge in [-0.25, -0.2) is 9.67 Å². The fraction of sp³-hybridized carbons (Fsp3) is 0.160. The van der Waals surface area contributed by atoms with E-state index < -0.39 is 6.10 Å². The van der Waals surface area contributed by atoms with Gasteiger partial charge in [-0.1, -0.05) is 35.0 Å². The van der Waals surface area contributed by atoms with Gasteiger partial charge in [0.25, 0.3) is 0 Å². The minimum atomic E-state index is -0.878. The predicted molar refractivity (Wildman–Crippen MR) is 127 cm³/mol. The highest BCUT2D eigenvalue weighted by atomic mass is 35.5. The molecule has 0 aliphatic carbocycles. The molecule has 8 heteroatoms. The van der Waals surface area contributed by atoms with Crippen LogP contribution in [0.2, 0.25) is 5.02 Å². The van der Waals surface area contributed by atoms with Gasteiger partial charge in [0, 0.05) is 42.5 Å². The monoisotopic (exact) mass is 459 g/mol. The molecule has 166 valence electrons. The molecule has 5 aromatic rings. The summed E-state index contributed by atoms with van der Waals surface area (Å²) in [7, 11) is 3.34. The van der Waals surface area contributed by atoms with E-state index in [2.05, 4.69) is 44.1 Å². The van der Waals surface area contributed by atoms with Crippen molar-refractivity contribution in [1.29, 1.82) is 0 Å². The van der Waals surface area contributed by atoms with Crippen LogP contribution in [0, 0.1) is 0 Å². The molecule has 2 aromatic carbocycles. The molecule has 0 saturated carbocycles. The minimum Gasteiger partial charge on any atom is -0.481 e. The van der Waals surface area contributed by atoms with E-state index in [1.807, 2.05) is 42.7 Å². The highest BCUT2D eigenvalue weighted by Gasteiger charge is 2.19. The number of aromatic nitrogens is 5. The van der Waals surface area contributed by atoms with Crippen LogP contribution >= 0.6 is 11.6 Å². The number of ether oxygens (including phenoxy) is 1. The lowest BCUT2D eigenvalue weighted by Crippen LogP contribution is -2.07. The summed E-state index contributed by atoms with van der Waals surface area (Å²) in [4.78, 5) is 4.67. The molecule has 5 rings (SSSR count). The molecule has 0 saturated heterocycles. The Labute approximate surface area is 195 Å². The summed E-state index contributed by atoms with van der Waals surface area (Å²) >= 11 is 6.89. The second-order valence-corrected chi connectivity index (χ2v) is 8.19. The largest absolute Gasteiger partial charge is 0.481 e. The Hall–Kier alpha value is -3.68. The van der Waals surface area contributed by atoms with Gasteiger partial charge >= 0.3 is 0 Å². The Morgan fingerprint density at radius 3 is 2.52 bits per heavy atom. The summed E-state index contributed by atoms with van der Waals surface area (Å²) in [6.45, 7) is 0. The van der Waals surface area contributed by atoms with Crippen molar-refractivity contribution in [2.45, 2.75) is 12.5 Å². The summed E-state index contributed by atoms with van der Waals surface area (Å²) < 4.78 is 9.17. The van der Waals surface area contributed by atoms with E-state index in [0.717, 1.165) is 22.2 Å². The average molecular weight is 460 g/mol. The quantitative estimate of drug-likeness (QED) is 0.405. The predicted octanol–water partition coefficient (Wildman–Crippen LogP) is 4.49. The Balaban J connectivity index is 1.52. The minimum absolute atomic E-state index is 0.492. The third-order valence-corrected chi connectivity index (χ3v) is 6.19. The molecule has 3 aromatic heterocycles. The number of hydrogen-bond donors (Lipinski definition) is 1. The van der Waals surface area contributed by atoms with Gasteiger partial charge in [-0.15, -0.1) is 5.10 Å². The SMILES string of the molecule is COc1nc2ccc(C(O)c3cnnn3C)cc2c(Cl)c1Cc1ccc(-n2cccc2)cc1. The van der Waals surface area contributed by atoms with Crippen molar-refractivity contribution in [3.63, 3.8) is 0 Å². The van der Waals surface area contributed by atoms with E-state index in [0.29, 0.717) is 34.1 Å². The maximum absolute atomic E-state index is 10.8. The lowest BCUT2D eigenvalue weighted by atomic mass is 10.0. The van der Waals surface area contributed by atoms with Crippen LogP contribution in [0.15, 0.2) is 73.2 Å². The molecule has 0 fully saturated rings. The molecule has 0 bridgehead atoms. The van der Waals surface area contributed by atoms with Crippen LogP contribution in [-0.2, 0) is 13.5 Å². The number of hydrogen-bond acceptors (Lipinski definition) is 5. The average Bonchev–Trinajstić information content (AvgIpc) is 3.52. The molecule has 0 aliphatic heterocycles. The van der Waals surface area contributed by atoms with Crippen molar-refractivity contribution in [2.24, 2.45) is 7.05 Å². The number of methoxy groups -OCH3 is 1. The summed E-state index contributed by atoms with van der Waals surface area (Å²) in [5.41, 5.74) is 4.95. The van der Waals surface area contributed by atoms with Crippen LogP contribution in [0.4, 0.5) is 0 Å². The number of benzene rings is 2. The van der Waals surface area contributed by atoms with Gasteiger partial charge in [0.15, 0.2) is 0 Å². The number of aliphatic hydroxyl groups is 1. The molecular formula is C25H22ClN5O2. The van der Waals surface area contributed by atoms with Crippen molar-refractivity contribution < 1.29 is 9.84 Å². The van der Waals surface area contributed by atoms with Gasteiger partial charge < -0.3 is 14.4 Å². The Morgan fingerprint density at radius 1 is 1.09 bits per heavy atom. The van der Waals surface area contributed by atoms with E-state index in [9.17, 15) is 5.11 Å². The van der Waals surface area contributed by atoms with Gasteiger partial charge in [0.05, 0.1) is 29.5 Å². The molecule has 1 unspecified atom stereocenters. The first-order valence-corrected chi connectivity index (χ1v) is 10.8. The number of aryl methyl sites for hydroxylation is 1. The van der Waals surface area contributed by atoms with Gasteiger partial charge in [0.1, 0.15) is 6.10 Å². The zero-order chi connectivity index (χ0) is 22.9. The van der Waals surface area contributed by atoms with Crippen LogP contribution in [0.5, 0.6) is 5.88 Å². The molecule has 33 heavy (non-hydrogen) atoms. The van der Waals surface area contributed by atoms with Crippen molar-refractivity contribution in [1.82, 2.24) is 24.5 Å². The first kappa shape index (κ1) is 21.2. The van der Waals surface area contributed by atoms with Gasteiger partial charge in [-0.05, 0) is 47.5 Å². The van der Waals surface area contributed by atoms with E-state index in [1.165, 1.54) is 0 Å². The summed E-state index contributed by atoms with van der Waals surface area (Å²) in [6, 6.07) is 17.8. The number of nitrogens with zero attached hydrogens (tertiary/aromatic N) is 5. The third kappa shape index (κ3) is 3.97. The van der Waals surface area contributed by atoms with Crippen molar-refractivity contribution in [3.8, 4) is 11.6 Å². The molecule has 0 aliphatic rings. The maximum Gasteiger partial charge on any atom is 0.218 e. The Morgan fingerprint density at radius 2 is 1.85 bits per heavy atom. The normalized spacial score (nSPS) is 12.2. The topological polar surface area (TPSA) is 78.0 Å². The lowest BCUT2D eigenvalue weighted by Gasteiger charge is -2.15. The van der Waals surface area contributed by atoms with Crippen molar-refractivity contribution in [3.05, 3.63) is 101 Å². The number of pyridine rings is 1. The molecule has 1 atom stereocenters. The molecule has 0 radical (unpaired) electrons. The molecule has 0 amide bonds. The zero-order valence-corrected chi connectivity index (χ0v) is 18.9. The Kier molecular flexibility index (Phi) is 5.58. The number of fused-ring (bicyclic) bond motifs is 1. The highest BCUT2D eigenvalue weighted by Crippen LogP contribution is 2.36. The van der Waals surface area contributed by atoms with Crippen LogP contribution in [0.1, 0.15) is 28.5 Å². The van der Waals surface area contributed by atoms with Crippen LogP contribution < -0.4 is 4.74 Å². The zero-order valence-electron chi connectivity index (χ0n) is 18.2. The van der Waals surface area contributed by atoms with Crippen LogP contribution in [-0.4, -0.2) is 36.8 Å². The van der Waals surface area contributed by atoms with Crippen molar-refractivity contribution >= 4 is 22.5 Å². The molecule has 0 spiro atoms. The maximum atomic E-state index is 10.8. The molecule has 7 nitrogen and oxygen atoms in total. The van der Waals surface area contributed by atoms with Gasteiger partial charge in [0.2, 0.25) is 5.88 Å². The highest BCUT2D eigenvalue weighted by molar-refractivity contribution is 6.36. The van der Waals surface area contributed by atoms with Crippen LogP contribution in [0.3, 0.4) is 0 Å². The molecule has 3 heterocycles. The number of rotatable bonds is 6. The van der Waals surface area contributed by atoms with E-state index in [4.69, 9.17) is 16.3 Å². The summed E-state index contributed by atoms with van der Waals surface area (Å²) in [6.07, 6.45) is 5.25. The third-order valence-electron chi connectivity index (χ3n) is 5.76. The fourth-order valence-corrected chi connectivity index (χ4v) is 4.26. The number of halogens is 1. The lowest BCUT2D eigenvalue weighted by molar-refractivity contribution is 0.210. The smallest absolute Gasteiger partial charge is 0.218 e. The van der Waals surface area contributed by atoms with E-state index in [1.54, 1.807) is 25.0 Å². The Bertz CT molecular complexity index is 1410.